The summed E-state index contributed by atoms with van der Waals surface area (Å²) in [5.74, 6) is 0. The summed E-state index contributed by atoms with van der Waals surface area (Å²) in [7, 11) is 0. The molecule has 0 unspecified atom stereocenters. The molecule has 0 spiro atoms. The maximum absolute atomic E-state index is 11.6. The molecule has 1 aromatic carbocycles. The van der Waals surface area contributed by atoms with Gasteiger partial charge in [-0.25, -0.2) is 4.79 Å². The van der Waals surface area contributed by atoms with Gasteiger partial charge in [0.2, 0.25) is 0 Å². The van der Waals surface area contributed by atoms with Crippen LogP contribution in [-0.2, 0) is 4.74 Å². The van der Waals surface area contributed by atoms with Crippen LogP contribution in [0.15, 0.2) is 23.3 Å². The van der Waals surface area contributed by atoms with Gasteiger partial charge < -0.3 is 4.74 Å². The van der Waals surface area contributed by atoms with Gasteiger partial charge in [0.25, 0.3) is 0 Å². The van der Waals surface area contributed by atoms with Crippen LogP contribution in [0.25, 0.3) is 0 Å². The number of nitrogens with zero attached hydrogens (tertiary/aromatic N) is 2. The molecule has 1 aromatic heterocycles. The standard InChI is InChI=1S/C16H19ClN4O2S/c1-5-23-16(22)18-15-14(11(4)21-24-15)10(3)19-20-12-7-6-9(2)13(17)8-12/h6-8,20H,5H2,1-4H3,(H,18,22)/b19-10+. The number of aromatic nitrogens is 1. The van der Waals surface area contributed by atoms with Crippen molar-refractivity contribution in [1.82, 2.24) is 4.37 Å². The van der Waals surface area contributed by atoms with Gasteiger partial charge in [0, 0.05) is 5.02 Å². The van der Waals surface area contributed by atoms with Crippen molar-refractivity contribution < 1.29 is 9.53 Å². The van der Waals surface area contributed by atoms with Crippen molar-refractivity contribution in [2.45, 2.75) is 27.7 Å². The van der Waals surface area contributed by atoms with E-state index in [1.807, 2.05) is 39.0 Å². The summed E-state index contributed by atoms with van der Waals surface area (Å²) < 4.78 is 9.18. The van der Waals surface area contributed by atoms with Gasteiger partial charge in [0.15, 0.2) is 0 Å². The van der Waals surface area contributed by atoms with Crippen molar-refractivity contribution in [3.8, 4) is 0 Å². The van der Waals surface area contributed by atoms with Gasteiger partial charge in [0.05, 0.1) is 29.3 Å². The van der Waals surface area contributed by atoms with E-state index in [4.69, 9.17) is 16.3 Å². The number of nitrogens with one attached hydrogen (secondary N) is 2. The van der Waals surface area contributed by atoms with E-state index in [1.54, 1.807) is 6.92 Å². The number of carbonyl (C=O) groups is 1. The lowest BCUT2D eigenvalue weighted by molar-refractivity contribution is 0.168. The number of aryl methyl sites for hydroxylation is 2. The highest BCUT2D eigenvalue weighted by atomic mass is 35.5. The molecule has 0 fully saturated rings. The second-order valence-electron chi connectivity index (χ2n) is 5.09. The fourth-order valence-corrected chi connectivity index (χ4v) is 3.02. The van der Waals surface area contributed by atoms with Crippen molar-refractivity contribution in [3.63, 3.8) is 0 Å². The fourth-order valence-electron chi connectivity index (χ4n) is 2.01. The molecular weight excluding hydrogens is 348 g/mol. The predicted octanol–water partition coefficient (Wildman–Crippen LogP) is 4.82. The first-order chi connectivity index (χ1) is 11.4. The summed E-state index contributed by atoms with van der Waals surface area (Å²) in [6.07, 6.45) is -0.506. The Hall–Kier alpha value is -2.12. The van der Waals surface area contributed by atoms with E-state index in [1.165, 1.54) is 11.5 Å². The number of halogens is 1. The summed E-state index contributed by atoms with van der Waals surface area (Å²) in [4.78, 5) is 11.6. The molecule has 0 radical (unpaired) electrons. The highest BCUT2D eigenvalue weighted by Gasteiger charge is 2.16. The van der Waals surface area contributed by atoms with Gasteiger partial charge in [-0.2, -0.15) is 9.47 Å². The van der Waals surface area contributed by atoms with Crippen molar-refractivity contribution in [2.24, 2.45) is 5.10 Å². The topological polar surface area (TPSA) is 75.6 Å². The second-order valence-corrected chi connectivity index (χ2v) is 6.27. The normalized spacial score (nSPS) is 11.3. The van der Waals surface area contributed by atoms with E-state index < -0.39 is 6.09 Å². The molecule has 0 atom stereocenters. The molecule has 2 N–H and O–H groups in total. The molecule has 8 heteroatoms. The van der Waals surface area contributed by atoms with Crippen LogP contribution < -0.4 is 10.7 Å². The first-order valence-corrected chi connectivity index (χ1v) is 8.54. The third kappa shape index (κ3) is 4.46. The van der Waals surface area contributed by atoms with E-state index in [0.717, 1.165) is 22.5 Å². The molecular formula is C16H19ClN4O2S. The summed E-state index contributed by atoms with van der Waals surface area (Å²) in [6, 6.07) is 5.62. The monoisotopic (exact) mass is 366 g/mol. The van der Waals surface area contributed by atoms with E-state index in [0.29, 0.717) is 22.3 Å². The number of carbonyl (C=O) groups excluding carboxylic acids is 1. The average molecular weight is 367 g/mol. The third-order valence-electron chi connectivity index (χ3n) is 3.24. The Bertz CT molecular complexity index is 773. The number of hydrazone groups is 1. The van der Waals surface area contributed by atoms with Gasteiger partial charge in [-0.3, -0.25) is 10.7 Å². The average Bonchev–Trinajstić information content (AvgIpc) is 2.89. The van der Waals surface area contributed by atoms with Gasteiger partial charge in [-0.1, -0.05) is 17.7 Å². The number of anilines is 2. The van der Waals surface area contributed by atoms with Crippen LogP contribution >= 0.6 is 23.1 Å². The lowest BCUT2D eigenvalue weighted by atomic mass is 10.2. The van der Waals surface area contributed by atoms with Gasteiger partial charge in [0.1, 0.15) is 5.00 Å². The molecule has 6 nitrogen and oxygen atoms in total. The van der Waals surface area contributed by atoms with Gasteiger partial charge >= 0.3 is 6.09 Å². The highest BCUT2D eigenvalue weighted by molar-refractivity contribution is 7.11. The van der Waals surface area contributed by atoms with Gasteiger partial charge in [-0.15, -0.1) is 0 Å². The van der Waals surface area contributed by atoms with Crippen molar-refractivity contribution >= 4 is 45.6 Å². The van der Waals surface area contributed by atoms with Crippen LogP contribution in [0, 0.1) is 13.8 Å². The Morgan fingerprint density at radius 1 is 1.42 bits per heavy atom. The lowest BCUT2D eigenvalue weighted by Gasteiger charge is -2.08. The number of ether oxygens (including phenoxy) is 1. The maximum Gasteiger partial charge on any atom is 0.412 e. The molecule has 24 heavy (non-hydrogen) atoms. The van der Waals surface area contributed by atoms with E-state index in [-0.39, 0.29) is 0 Å². The zero-order valence-electron chi connectivity index (χ0n) is 13.9. The third-order valence-corrected chi connectivity index (χ3v) is 4.50. The molecule has 1 amide bonds. The summed E-state index contributed by atoms with van der Waals surface area (Å²) in [5.41, 5.74) is 7.02. The second kappa shape index (κ2) is 8.12. The zero-order valence-corrected chi connectivity index (χ0v) is 15.5. The fraction of sp³-hybridized carbons (Fsp3) is 0.312. The van der Waals surface area contributed by atoms with Crippen LogP contribution in [0.5, 0.6) is 0 Å². The SMILES string of the molecule is CCOC(=O)Nc1snc(C)c1/C(C)=N/Nc1ccc(C)c(Cl)c1. The minimum atomic E-state index is -0.506. The van der Waals surface area contributed by atoms with Crippen LogP contribution in [0.1, 0.15) is 30.7 Å². The first kappa shape index (κ1) is 18.2. The van der Waals surface area contributed by atoms with E-state index in [9.17, 15) is 4.79 Å². The van der Waals surface area contributed by atoms with Crippen molar-refractivity contribution in [3.05, 3.63) is 40.0 Å². The molecule has 0 aliphatic carbocycles. The van der Waals surface area contributed by atoms with E-state index in [2.05, 4.69) is 20.2 Å². The Kier molecular flexibility index (Phi) is 6.16. The largest absolute Gasteiger partial charge is 0.450 e. The molecule has 0 aliphatic rings. The summed E-state index contributed by atoms with van der Waals surface area (Å²) in [6.45, 7) is 7.71. The molecule has 0 aliphatic heterocycles. The molecule has 1 heterocycles. The molecule has 2 rings (SSSR count). The Balaban J connectivity index is 2.19. The van der Waals surface area contributed by atoms with E-state index >= 15 is 0 Å². The number of rotatable bonds is 5. The van der Waals surface area contributed by atoms with Crippen LogP contribution in [0.2, 0.25) is 5.02 Å². The molecule has 0 saturated heterocycles. The Labute approximate surface area is 150 Å². The highest BCUT2D eigenvalue weighted by Crippen LogP contribution is 2.26. The minimum Gasteiger partial charge on any atom is -0.450 e. The predicted molar refractivity (Wildman–Crippen MR) is 99.5 cm³/mol. The number of benzene rings is 1. The number of amides is 1. The minimum absolute atomic E-state index is 0.307. The van der Waals surface area contributed by atoms with Crippen LogP contribution in [0.4, 0.5) is 15.5 Å². The van der Waals surface area contributed by atoms with Crippen molar-refractivity contribution in [2.75, 3.05) is 17.3 Å². The summed E-state index contributed by atoms with van der Waals surface area (Å²) in [5, 5.41) is 8.34. The smallest absolute Gasteiger partial charge is 0.412 e. The number of hydrogen-bond acceptors (Lipinski definition) is 6. The summed E-state index contributed by atoms with van der Waals surface area (Å²) >= 11 is 7.30. The lowest BCUT2D eigenvalue weighted by Crippen LogP contribution is -2.14. The number of hydrogen-bond donors (Lipinski definition) is 2. The molecule has 0 bridgehead atoms. The molecule has 0 saturated carbocycles. The van der Waals surface area contributed by atoms with Crippen LogP contribution in [0.3, 0.4) is 0 Å². The Morgan fingerprint density at radius 3 is 2.83 bits per heavy atom. The maximum atomic E-state index is 11.6. The molecule has 2 aromatic rings. The van der Waals surface area contributed by atoms with Gasteiger partial charge in [-0.05, 0) is 56.9 Å². The van der Waals surface area contributed by atoms with Crippen molar-refractivity contribution in [1.29, 1.82) is 0 Å². The first-order valence-electron chi connectivity index (χ1n) is 7.39. The Morgan fingerprint density at radius 2 is 2.17 bits per heavy atom. The zero-order chi connectivity index (χ0) is 17.7. The van der Waals surface area contributed by atoms with Crippen LogP contribution in [-0.4, -0.2) is 22.8 Å². The molecule has 128 valence electrons. The quantitative estimate of drug-likeness (QED) is 0.587.